The maximum absolute atomic E-state index is 13.8. The first-order valence-electron chi connectivity index (χ1n) is 11.2. The van der Waals surface area contributed by atoms with Gasteiger partial charge in [0.25, 0.3) is 5.78 Å². The zero-order valence-electron chi connectivity index (χ0n) is 19.4. The number of aliphatic hydroxyl groups excluding tert-OH is 1. The van der Waals surface area contributed by atoms with Gasteiger partial charge in [-0.2, -0.15) is 0 Å². The molecule has 4 aromatic rings. The highest BCUT2D eigenvalue weighted by atomic mass is 32.1. The maximum atomic E-state index is 13.8. The maximum Gasteiger partial charge on any atom is 0.301 e. The summed E-state index contributed by atoms with van der Waals surface area (Å²) in [4.78, 5) is 32.5. The Balaban J connectivity index is 1.72. The minimum Gasteiger partial charge on any atom is -0.507 e. The zero-order valence-corrected chi connectivity index (χ0v) is 20.2. The summed E-state index contributed by atoms with van der Waals surface area (Å²) in [7, 11) is 1.51. The third-order valence-electron chi connectivity index (χ3n) is 5.82. The second-order valence-electron chi connectivity index (χ2n) is 8.02. The summed E-state index contributed by atoms with van der Waals surface area (Å²) < 4.78 is 25.2. The molecule has 0 radical (unpaired) electrons. The van der Waals surface area contributed by atoms with E-state index in [0.29, 0.717) is 39.4 Å². The predicted octanol–water partition coefficient (Wildman–Crippen LogP) is 5.47. The summed E-state index contributed by atoms with van der Waals surface area (Å²) in [5, 5.41) is 11.5. The summed E-state index contributed by atoms with van der Waals surface area (Å²) in [6, 6.07) is 16.7. The van der Waals surface area contributed by atoms with Crippen molar-refractivity contribution in [2.45, 2.75) is 13.0 Å². The first-order valence-corrected chi connectivity index (χ1v) is 12.0. The van der Waals surface area contributed by atoms with Gasteiger partial charge in [0.15, 0.2) is 5.13 Å². The molecular formula is C27H21FN2O5S. The number of carbonyl (C=O) groups is 2. The van der Waals surface area contributed by atoms with Crippen LogP contribution in [0.1, 0.15) is 24.1 Å². The number of anilines is 1. The third-order valence-corrected chi connectivity index (χ3v) is 6.84. The molecule has 1 unspecified atom stereocenters. The van der Waals surface area contributed by atoms with Crippen LogP contribution >= 0.6 is 11.3 Å². The molecule has 36 heavy (non-hydrogen) atoms. The van der Waals surface area contributed by atoms with Gasteiger partial charge in [-0.3, -0.25) is 14.5 Å². The molecule has 0 bridgehead atoms. The molecule has 182 valence electrons. The number of thiazole rings is 1. The van der Waals surface area contributed by atoms with E-state index >= 15 is 0 Å². The number of halogens is 1. The van der Waals surface area contributed by atoms with Crippen LogP contribution in [0.3, 0.4) is 0 Å². The van der Waals surface area contributed by atoms with Crippen molar-refractivity contribution < 1.29 is 28.6 Å². The molecule has 5 rings (SSSR count). The molecule has 9 heteroatoms. The number of Topliss-reactive ketones (excluding diaryl/α,β-unsaturated/α-hetero) is 1. The smallest absolute Gasteiger partial charge is 0.301 e. The lowest BCUT2D eigenvalue weighted by atomic mass is 9.95. The summed E-state index contributed by atoms with van der Waals surface area (Å²) >= 11 is 1.09. The van der Waals surface area contributed by atoms with Crippen LogP contribution in [0.15, 0.2) is 72.3 Å². The normalized spacial score (nSPS) is 17.1. The van der Waals surface area contributed by atoms with Crippen molar-refractivity contribution in [3.8, 4) is 11.5 Å². The van der Waals surface area contributed by atoms with Gasteiger partial charge in [0.05, 0.1) is 35.5 Å². The van der Waals surface area contributed by atoms with Crippen LogP contribution in [0.2, 0.25) is 0 Å². The Morgan fingerprint density at radius 2 is 1.86 bits per heavy atom. The number of ketones is 1. The Kier molecular flexibility index (Phi) is 6.15. The van der Waals surface area contributed by atoms with E-state index in [4.69, 9.17) is 9.47 Å². The van der Waals surface area contributed by atoms with E-state index < -0.39 is 23.5 Å². The van der Waals surface area contributed by atoms with Crippen molar-refractivity contribution in [3.63, 3.8) is 0 Å². The molecule has 0 aliphatic carbocycles. The average Bonchev–Trinajstić information content (AvgIpc) is 3.41. The highest BCUT2D eigenvalue weighted by Crippen LogP contribution is 2.45. The number of ether oxygens (including phenoxy) is 2. The first-order chi connectivity index (χ1) is 17.4. The highest BCUT2D eigenvalue weighted by Gasteiger charge is 2.48. The van der Waals surface area contributed by atoms with E-state index in [1.807, 2.05) is 6.92 Å². The van der Waals surface area contributed by atoms with Gasteiger partial charge in [0.2, 0.25) is 0 Å². The topological polar surface area (TPSA) is 89.0 Å². The van der Waals surface area contributed by atoms with E-state index in [-0.39, 0.29) is 16.5 Å². The van der Waals surface area contributed by atoms with Crippen molar-refractivity contribution in [3.05, 3.63) is 89.2 Å². The fourth-order valence-corrected chi connectivity index (χ4v) is 5.22. The number of methoxy groups -OCH3 is 1. The van der Waals surface area contributed by atoms with Crippen molar-refractivity contribution in [1.29, 1.82) is 0 Å². The van der Waals surface area contributed by atoms with Gasteiger partial charge in [-0.15, -0.1) is 0 Å². The average molecular weight is 505 g/mol. The van der Waals surface area contributed by atoms with Crippen molar-refractivity contribution in [2.24, 2.45) is 0 Å². The quantitative estimate of drug-likeness (QED) is 0.213. The highest BCUT2D eigenvalue weighted by molar-refractivity contribution is 7.22. The zero-order chi connectivity index (χ0) is 25.4. The van der Waals surface area contributed by atoms with Gasteiger partial charge < -0.3 is 14.6 Å². The standard InChI is InChI=1S/C27H21FN2O5S/c1-3-35-19-9-5-7-16(13-19)24(31)22-23(15-6-4-8-18(12-15)34-2)30(26(33)25(22)32)27-29-20-11-10-17(28)14-21(20)36-27/h4-14,23,31H,3H2,1-2H3/b24-22+. The van der Waals surface area contributed by atoms with Crippen LogP contribution in [-0.2, 0) is 9.59 Å². The fraction of sp³-hybridized carbons (Fsp3) is 0.148. The van der Waals surface area contributed by atoms with Gasteiger partial charge >= 0.3 is 5.91 Å². The fourth-order valence-electron chi connectivity index (χ4n) is 4.20. The Bertz CT molecular complexity index is 1530. The van der Waals surface area contributed by atoms with Crippen molar-refractivity contribution >= 4 is 44.1 Å². The molecule has 1 fully saturated rings. The van der Waals surface area contributed by atoms with Crippen LogP contribution in [0, 0.1) is 5.82 Å². The molecule has 2 heterocycles. The van der Waals surface area contributed by atoms with Gasteiger partial charge in [0.1, 0.15) is 23.1 Å². The number of fused-ring (bicyclic) bond motifs is 1. The SMILES string of the molecule is CCOc1cccc(/C(O)=C2\C(=O)C(=O)N(c3nc4ccc(F)cc4s3)C2c2cccc(OC)c2)c1. The van der Waals surface area contributed by atoms with E-state index in [0.717, 1.165) is 11.3 Å². The predicted molar refractivity (Wildman–Crippen MR) is 135 cm³/mol. The number of nitrogens with zero attached hydrogens (tertiary/aromatic N) is 2. The Hall–Kier alpha value is -4.24. The number of aromatic nitrogens is 1. The number of carbonyl (C=O) groups excluding carboxylic acids is 2. The first kappa shape index (κ1) is 23.5. The molecule has 0 saturated carbocycles. The Morgan fingerprint density at radius 3 is 2.64 bits per heavy atom. The molecule has 1 aromatic heterocycles. The lowest BCUT2D eigenvalue weighted by Gasteiger charge is -2.23. The van der Waals surface area contributed by atoms with Gasteiger partial charge in [-0.25, -0.2) is 9.37 Å². The summed E-state index contributed by atoms with van der Waals surface area (Å²) in [5.41, 5.74) is 1.28. The number of benzene rings is 3. The molecule has 0 spiro atoms. The molecular weight excluding hydrogens is 483 g/mol. The van der Waals surface area contributed by atoms with Crippen LogP contribution in [0.25, 0.3) is 16.0 Å². The molecule has 1 amide bonds. The number of amides is 1. The molecule has 3 aromatic carbocycles. The monoisotopic (exact) mass is 504 g/mol. The van der Waals surface area contributed by atoms with Crippen LogP contribution in [0.5, 0.6) is 11.5 Å². The molecule has 1 N–H and O–H groups in total. The number of hydrogen-bond donors (Lipinski definition) is 1. The second-order valence-corrected chi connectivity index (χ2v) is 9.02. The number of aliphatic hydroxyl groups is 1. The summed E-state index contributed by atoms with van der Waals surface area (Å²) in [6.07, 6.45) is 0. The van der Waals surface area contributed by atoms with E-state index in [9.17, 15) is 19.1 Å². The largest absolute Gasteiger partial charge is 0.507 e. The van der Waals surface area contributed by atoms with Crippen molar-refractivity contribution in [2.75, 3.05) is 18.6 Å². The second kappa shape index (κ2) is 9.43. The molecule has 1 aliphatic rings. The molecule has 1 aliphatic heterocycles. The van der Waals surface area contributed by atoms with E-state index in [2.05, 4.69) is 4.98 Å². The van der Waals surface area contributed by atoms with Crippen LogP contribution in [-0.4, -0.2) is 35.5 Å². The van der Waals surface area contributed by atoms with Crippen LogP contribution < -0.4 is 14.4 Å². The Morgan fingerprint density at radius 1 is 1.08 bits per heavy atom. The van der Waals surface area contributed by atoms with Gasteiger partial charge in [0, 0.05) is 5.56 Å². The van der Waals surface area contributed by atoms with E-state index in [1.165, 1.54) is 30.2 Å². The molecule has 1 saturated heterocycles. The minimum atomic E-state index is -0.985. The van der Waals surface area contributed by atoms with Gasteiger partial charge in [-0.1, -0.05) is 35.6 Å². The lowest BCUT2D eigenvalue weighted by Crippen LogP contribution is -2.29. The summed E-state index contributed by atoms with van der Waals surface area (Å²) in [6.45, 7) is 2.27. The van der Waals surface area contributed by atoms with Gasteiger partial charge in [-0.05, 0) is 55.0 Å². The minimum absolute atomic E-state index is 0.0904. The Labute approximate surface area is 210 Å². The van der Waals surface area contributed by atoms with E-state index in [1.54, 1.807) is 48.5 Å². The third kappa shape index (κ3) is 4.07. The lowest BCUT2D eigenvalue weighted by molar-refractivity contribution is -0.132. The van der Waals surface area contributed by atoms with Crippen LogP contribution in [0.4, 0.5) is 9.52 Å². The number of hydrogen-bond acceptors (Lipinski definition) is 7. The molecule has 1 atom stereocenters. The molecule has 7 nitrogen and oxygen atoms in total. The van der Waals surface area contributed by atoms with Crippen molar-refractivity contribution in [1.82, 2.24) is 4.98 Å². The summed E-state index contributed by atoms with van der Waals surface area (Å²) in [5.74, 6) is -1.43. The number of rotatable bonds is 6.